The van der Waals surface area contributed by atoms with Gasteiger partial charge >= 0.3 is 0 Å². The molecule has 1 saturated heterocycles. The molecule has 2 rings (SSSR count). The van der Waals surface area contributed by atoms with Crippen LogP contribution in [0.4, 0.5) is 0 Å². The van der Waals surface area contributed by atoms with Crippen molar-refractivity contribution in [1.82, 2.24) is 20.7 Å². The summed E-state index contributed by atoms with van der Waals surface area (Å²) in [6.07, 6.45) is 1.97. The number of nitrogens with one attached hydrogen (secondary N) is 2. The van der Waals surface area contributed by atoms with E-state index in [4.69, 9.17) is 9.26 Å². The second-order valence-electron chi connectivity index (χ2n) is 5.57. The smallest absolute Gasteiger partial charge is 0.191 e. The summed E-state index contributed by atoms with van der Waals surface area (Å²) in [6.45, 7) is 11.3. The second kappa shape index (κ2) is 12.5. The monoisotopic (exact) mass is 451 g/mol. The summed E-state index contributed by atoms with van der Waals surface area (Å²) in [7, 11) is 0. The lowest BCUT2D eigenvalue weighted by atomic mass is 10.3. The fourth-order valence-electron chi connectivity index (χ4n) is 2.43. The van der Waals surface area contributed by atoms with Gasteiger partial charge in [-0.2, -0.15) is 0 Å². The number of nitrogens with zero attached hydrogens (tertiary/aromatic N) is 3. The molecule has 1 fully saturated rings. The van der Waals surface area contributed by atoms with Gasteiger partial charge in [0.1, 0.15) is 6.54 Å². The number of aliphatic imine (C=N–C) groups is 1. The van der Waals surface area contributed by atoms with Gasteiger partial charge in [0, 0.05) is 32.2 Å². The van der Waals surface area contributed by atoms with Crippen molar-refractivity contribution < 1.29 is 9.26 Å². The fraction of sp³-hybridized carbons (Fsp3) is 0.750. The number of hydrogen-bond donors (Lipinski definition) is 2. The van der Waals surface area contributed by atoms with E-state index in [0.717, 1.165) is 76.2 Å². The van der Waals surface area contributed by atoms with Crippen molar-refractivity contribution >= 4 is 29.9 Å². The van der Waals surface area contributed by atoms with Gasteiger partial charge in [0.25, 0.3) is 0 Å². The zero-order valence-corrected chi connectivity index (χ0v) is 17.0. The number of halogens is 1. The molecule has 0 aliphatic carbocycles. The van der Waals surface area contributed by atoms with E-state index < -0.39 is 0 Å². The van der Waals surface area contributed by atoms with Crippen LogP contribution in [0.1, 0.15) is 31.7 Å². The summed E-state index contributed by atoms with van der Waals surface area (Å²) in [5.41, 5.74) is 0.971. The Morgan fingerprint density at radius 1 is 1.29 bits per heavy atom. The van der Waals surface area contributed by atoms with Crippen LogP contribution in [0.2, 0.25) is 0 Å². The van der Waals surface area contributed by atoms with Crippen LogP contribution in [0.15, 0.2) is 15.6 Å². The van der Waals surface area contributed by atoms with E-state index in [9.17, 15) is 0 Å². The second-order valence-corrected chi connectivity index (χ2v) is 5.57. The molecule has 8 heteroatoms. The Morgan fingerprint density at radius 2 is 2.08 bits per heavy atom. The van der Waals surface area contributed by atoms with Gasteiger partial charge in [-0.1, -0.05) is 12.1 Å². The van der Waals surface area contributed by atoms with Crippen molar-refractivity contribution in [2.75, 3.05) is 45.9 Å². The molecule has 2 heterocycles. The van der Waals surface area contributed by atoms with E-state index in [1.807, 2.05) is 6.07 Å². The zero-order chi connectivity index (χ0) is 16.3. The standard InChI is InChI=1S/C16H29N5O2.HI/c1-3-14-12-15(23-20-14)13-19-16(17-4-2)18-6-5-7-21-8-10-22-11-9-21;/h12H,3-11,13H2,1-2H3,(H2,17,18,19);1H. The average Bonchev–Trinajstić information content (AvgIpc) is 3.05. The molecule has 0 aromatic carbocycles. The molecule has 1 aliphatic rings. The molecule has 7 nitrogen and oxygen atoms in total. The molecular weight excluding hydrogens is 421 g/mol. The Hall–Kier alpha value is -0.870. The summed E-state index contributed by atoms with van der Waals surface area (Å²) in [4.78, 5) is 6.98. The molecule has 1 aromatic rings. The van der Waals surface area contributed by atoms with Crippen molar-refractivity contribution in [3.63, 3.8) is 0 Å². The molecule has 0 amide bonds. The number of morpholine rings is 1. The zero-order valence-electron chi connectivity index (χ0n) is 14.7. The highest BCUT2D eigenvalue weighted by molar-refractivity contribution is 14.0. The summed E-state index contributed by atoms with van der Waals surface area (Å²) in [5, 5.41) is 10.6. The van der Waals surface area contributed by atoms with E-state index >= 15 is 0 Å². The summed E-state index contributed by atoms with van der Waals surface area (Å²) in [5.74, 6) is 1.62. The van der Waals surface area contributed by atoms with Crippen LogP contribution >= 0.6 is 24.0 Å². The van der Waals surface area contributed by atoms with Crippen molar-refractivity contribution in [3.05, 3.63) is 17.5 Å². The van der Waals surface area contributed by atoms with Gasteiger partial charge in [-0.05, 0) is 26.3 Å². The lowest BCUT2D eigenvalue weighted by Crippen LogP contribution is -2.40. The van der Waals surface area contributed by atoms with Crippen molar-refractivity contribution in [3.8, 4) is 0 Å². The minimum Gasteiger partial charge on any atom is -0.379 e. The van der Waals surface area contributed by atoms with E-state index in [1.165, 1.54) is 0 Å². The van der Waals surface area contributed by atoms with Crippen LogP contribution in [-0.2, 0) is 17.7 Å². The topological polar surface area (TPSA) is 74.9 Å². The molecule has 24 heavy (non-hydrogen) atoms. The molecule has 0 unspecified atom stereocenters. The number of aromatic nitrogens is 1. The van der Waals surface area contributed by atoms with Gasteiger partial charge in [0.05, 0.1) is 18.9 Å². The lowest BCUT2D eigenvalue weighted by molar-refractivity contribution is 0.0376. The minimum atomic E-state index is 0. The van der Waals surface area contributed by atoms with Crippen LogP contribution in [0.25, 0.3) is 0 Å². The maximum atomic E-state index is 5.36. The quantitative estimate of drug-likeness (QED) is 0.271. The Bertz CT molecular complexity index is 475. The summed E-state index contributed by atoms with van der Waals surface area (Å²) >= 11 is 0. The van der Waals surface area contributed by atoms with Crippen molar-refractivity contribution in [1.29, 1.82) is 0 Å². The van der Waals surface area contributed by atoms with E-state index in [0.29, 0.717) is 6.54 Å². The largest absolute Gasteiger partial charge is 0.379 e. The van der Waals surface area contributed by atoms with Crippen LogP contribution in [-0.4, -0.2) is 62.0 Å². The van der Waals surface area contributed by atoms with Gasteiger partial charge in [-0.25, -0.2) is 4.99 Å². The van der Waals surface area contributed by atoms with E-state index in [-0.39, 0.29) is 24.0 Å². The van der Waals surface area contributed by atoms with Gasteiger partial charge < -0.3 is 19.9 Å². The third-order valence-corrected chi connectivity index (χ3v) is 3.75. The molecular formula is C16H30IN5O2. The molecule has 1 aromatic heterocycles. The SMILES string of the molecule is CCNC(=NCc1cc(CC)no1)NCCCN1CCOCC1.I. The van der Waals surface area contributed by atoms with Gasteiger partial charge in [0.15, 0.2) is 11.7 Å². The maximum Gasteiger partial charge on any atom is 0.191 e. The van der Waals surface area contributed by atoms with Gasteiger partial charge in [0.2, 0.25) is 0 Å². The molecule has 1 aliphatic heterocycles. The number of ether oxygens (including phenoxy) is 1. The summed E-state index contributed by atoms with van der Waals surface area (Å²) < 4.78 is 10.6. The number of guanidine groups is 1. The lowest BCUT2D eigenvalue weighted by Gasteiger charge is -2.26. The van der Waals surface area contributed by atoms with Crippen molar-refractivity contribution in [2.45, 2.75) is 33.2 Å². The number of aryl methyl sites for hydroxylation is 1. The Labute approximate surface area is 161 Å². The molecule has 0 bridgehead atoms. The first-order valence-electron chi connectivity index (χ1n) is 8.58. The Morgan fingerprint density at radius 3 is 2.75 bits per heavy atom. The third-order valence-electron chi connectivity index (χ3n) is 3.75. The average molecular weight is 451 g/mol. The van der Waals surface area contributed by atoms with Gasteiger partial charge in [-0.3, -0.25) is 4.90 Å². The highest BCUT2D eigenvalue weighted by Gasteiger charge is 2.09. The van der Waals surface area contributed by atoms with Crippen LogP contribution < -0.4 is 10.6 Å². The minimum absolute atomic E-state index is 0. The van der Waals surface area contributed by atoms with Crippen LogP contribution in [0.5, 0.6) is 0 Å². The molecule has 0 atom stereocenters. The van der Waals surface area contributed by atoms with Crippen molar-refractivity contribution in [2.24, 2.45) is 4.99 Å². The summed E-state index contributed by atoms with van der Waals surface area (Å²) in [6, 6.07) is 1.96. The number of rotatable bonds is 8. The first-order chi connectivity index (χ1) is 11.3. The van der Waals surface area contributed by atoms with Crippen LogP contribution in [0.3, 0.4) is 0 Å². The number of hydrogen-bond acceptors (Lipinski definition) is 5. The molecule has 0 spiro atoms. The normalized spacial score (nSPS) is 15.8. The molecule has 0 saturated carbocycles. The van der Waals surface area contributed by atoms with E-state index in [2.05, 4.69) is 39.5 Å². The first-order valence-corrected chi connectivity index (χ1v) is 8.58. The highest BCUT2D eigenvalue weighted by Crippen LogP contribution is 2.05. The molecule has 0 radical (unpaired) electrons. The molecule has 138 valence electrons. The van der Waals surface area contributed by atoms with E-state index in [1.54, 1.807) is 0 Å². The maximum absolute atomic E-state index is 5.36. The molecule has 2 N–H and O–H groups in total. The Kier molecular flexibility index (Phi) is 11.0. The third kappa shape index (κ3) is 7.80. The predicted octanol–water partition coefficient (Wildman–Crippen LogP) is 1.63. The fourth-order valence-corrected chi connectivity index (χ4v) is 2.43. The predicted molar refractivity (Wildman–Crippen MR) is 106 cm³/mol. The first kappa shape index (κ1) is 21.2. The van der Waals surface area contributed by atoms with Crippen LogP contribution in [0, 0.1) is 0 Å². The van der Waals surface area contributed by atoms with Gasteiger partial charge in [-0.15, -0.1) is 24.0 Å². The Balaban J connectivity index is 0.00000288. The highest BCUT2D eigenvalue weighted by atomic mass is 127.